The maximum atomic E-state index is 12.4. The number of carbonyl (C=O) groups is 1. The highest BCUT2D eigenvalue weighted by Crippen LogP contribution is 2.20. The van der Waals surface area contributed by atoms with Crippen LogP contribution < -0.4 is 15.6 Å². The zero-order chi connectivity index (χ0) is 16.5. The van der Waals surface area contributed by atoms with E-state index in [2.05, 4.69) is 20.5 Å². The van der Waals surface area contributed by atoms with Crippen molar-refractivity contribution in [2.75, 3.05) is 11.9 Å². The van der Waals surface area contributed by atoms with E-state index in [1.807, 2.05) is 0 Å². The smallest absolute Gasteiger partial charge is 0.264 e. The summed E-state index contributed by atoms with van der Waals surface area (Å²) in [5.74, 6) is 0.970. The fourth-order valence-electron chi connectivity index (χ4n) is 2.69. The van der Waals surface area contributed by atoms with Gasteiger partial charge in [0.1, 0.15) is 17.1 Å². The number of benzene rings is 1. The normalized spacial score (nSPS) is 13.0. The molecule has 0 saturated heterocycles. The van der Waals surface area contributed by atoms with E-state index < -0.39 is 0 Å². The third-order valence-electron chi connectivity index (χ3n) is 3.76. The number of amides is 1. The summed E-state index contributed by atoms with van der Waals surface area (Å²) in [6.07, 6.45) is 1.74. The molecule has 0 bridgehead atoms. The van der Waals surface area contributed by atoms with E-state index in [0.29, 0.717) is 21.8 Å². The molecule has 0 unspecified atom stereocenters. The number of aromatic nitrogens is 4. The molecule has 3 aromatic rings. The number of aryl methyl sites for hydroxylation is 1. The molecule has 122 valence electrons. The van der Waals surface area contributed by atoms with Gasteiger partial charge in [-0.25, -0.2) is 4.98 Å². The summed E-state index contributed by atoms with van der Waals surface area (Å²) in [7, 11) is 0. The Morgan fingerprint density at radius 1 is 1.42 bits per heavy atom. The Morgan fingerprint density at radius 3 is 3.17 bits per heavy atom. The van der Waals surface area contributed by atoms with Crippen molar-refractivity contribution >= 4 is 33.3 Å². The Balaban J connectivity index is 1.52. The Kier molecular flexibility index (Phi) is 3.69. The van der Waals surface area contributed by atoms with Crippen molar-refractivity contribution in [2.45, 2.75) is 19.4 Å². The fraction of sp³-hybridized carbons (Fsp3) is 0.267. The molecule has 2 aromatic heterocycles. The molecule has 1 amide bonds. The minimum Gasteiger partial charge on any atom is -0.484 e. The second kappa shape index (κ2) is 6.00. The van der Waals surface area contributed by atoms with Crippen LogP contribution in [0.25, 0.3) is 10.9 Å². The lowest BCUT2D eigenvalue weighted by molar-refractivity contribution is -0.118. The summed E-state index contributed by atoms with van der Waals surface area (Å²) in [5, 5.41) is 10.9. The summed E-state index contributed by atoms with van der Waals surface area (Å²) >= 11 is 1.23. The van der Waals surface area contributed by atoms with Gasteiger partial charge in [-0.05, 0) is 18.6 Å². The van der Waals surface area contributed by atoms with Gasteiger partial charge >= 0.3 is 0 Å². The number of nitrogens with zero attached hydrogens (tertiary/aromatic N) is 4. The van der Waals surface area contributed by atoms with E-state index in [9.17, 15) is 9.59 Å². The van der Waals surface area contributed by atoms with E-state index in [0.717, 1.165) is 25.2 Å². The Hall–Kier alpha value is -2.81. The minimum absolute atomic E-state index is 0.0203. The van der Waals surface area contributed by atoms with Crippen LogP contribution in [-0.2, 0) is 17.8 Å². The molecule has 8 nitrogen and oxygen atoms in total. The quantitative estimate of drug-likeness (QED) is 0.764. The molecule has 1 aliphatic heterocycles. The first-order chi connectivity index (χ1) is 11.7. The fourth-order valence-corrected chi connectivity index (χ4v) is 3.15. The molecule has 24 heavy (non-hydrogen) atoms. The summed E-state index contributed by atoms with van der Waals surface area (Å²) in [5.41, 5.74) is 2.10. The van der Waals surface area contributed by atoms with Gasteiger partial charge in [0.05, 0.1) is 10.9 Å². The number of rotatable bonds is 4. The minimum atomic E-state index is -0.325. The van der Waals surface area contributed by atoms with Crippen molar-refractivity contribution in [3.8, 4) is 5.75 Å². The van der Waals surface area contributed by atoms with Crippen molar-refractivity contribution in [1.29, 1.82) is 0 Å². The number of carbonyl (C=O) groups excluding carboxylic acids is 1. The molecule has 0 aliphatic carbocycles. The van der Waals surface area contributed by atoms with Crippen LogP contribution >= 0.6 is 11.3 Å². The molecule has 0 fully saturated rings. The molecule has 0 saturated carbocycles. The predicted molar refractivity (Wildman–Crippen MR) is 88.4 cm³/mol. The molecular formula is C15H13N5O3S. The van der Waals surface area contributed by atoms with Crippen molar-refractivity contribution in [3.63, 3.8) is 0 Å². The van der Waals surface area contributed by atoms with Gasteiger partial charge in [-0.3, -0.25) is 19.5 Å². The monoisotopic (exact) mass is 343 g/mol. The molecule has 4 rings (SSSR count). The number of anilines is 1. The van der Waals surface area contributed by atoms with Crippen molar-refractivity contribution in [3.05, 3.63) is 39.9 Å². The molecule has 0 atom stereocenters. The lowest BCUT2D eigenvalue weighted by atomic mass is 10.2. The topological polar surface area (TPSA) is 99.0 Å². The third-order valence-corrected chi connectivity index (χ3v) is 4.37. The van der Waals surface area contributed by atoms with Gasteiger partial charge in [-0.15, -0.1) is 10.2 Å². The molecule has 0 spiro atoms. The maximum Gasteiger partial charge on any atom is 0.264 e. The molecule has 1 aromatic carbocycles. The van der Waals surface area contributed by atoms with Gasteiger partial charge < -0.3 is 4.74 Å². The van der Waals surface area contributed by atoms with E-state index in [1.165, 1.54) is 16.8 Å². The van der Waals surface area contributed by atoms with Crippen molar-refractivity contribution in [2.24, 2.45) is 0 Å². The van der Waals surface area contributed by atoms with Crippen LogP contribution in [0.1, 0.15) is 12.2 Å². The van der Waals surface area contributed by atoms with E-state index in [1.54, 1.807) is 22.8 Å². The molecular weight excluding hydrogens is 330 g/mol. The second-order valence-electron chi connectivity index (χ2n) is 5.35. The average molecular weight is 343 g/mol. The average Bonchev–Trinajstić information content (AvgIpc) is 3.24. The van der Waals surface area contributed by atoms with Gasteiger partial charge in [0, 0.05) is 19.0 Å². The zero-order valence-electron chi connectivity index (χ0n) is 12.6. The van der Waals surface area contributed by atoms with Gasteiger partial charge in [-0.2, -0.15) is 0 Å². The number of hydrogen-bond acceptors (Lipinski definition) is 7. The number of fused-ring (bicyclic) bond motifs is 2. The van der Waals surface area contributed by atoms with Gasteiger partial charge in [-0.1, -0.05) is 11.3 Å². The van der Waals surface area contributed by atoms with E-state index in [-0.39, 0.29) is 18.1 Å². The number of ether oxygens (including phenoxy) is 1. The van der Waals surface area contributed by atoms with Crippen molar-refractivity contribution < 1.29 is 9.53 Å². The summed E-state index contributed by atoms with van der Waals surface area (Å²) < 4.78 is 7.20. The van der Waals surface area contributed by atoms with Crippen LogP contribution in [-0.4, -0.2) is 32.3 Å². The van der Waals surface area contributed by atoms with Crippen LogP contribution in [0, 0.1) is 0 Å². The largest absolute Gasteiger partial charge is 0.484 e. The maximum absolute atomic E-state index is 12.4. The lowest BCUT2D eigenvalue weighted by Crippen LogP contribution is -2.21. The molecule has 9 heteroatoms. The van der Waals surface area contributed by atoms with Crippen LogP contribution in [0.4, 0.5) is 5.13 Å². The Morgan fingerprint density at radius 2 is 2.33 bits per heavy atom. The van der Waals surface area contributed by atoms with Crippen molar-refractivity contribution in [1.82, 2.24) is 19.7 Å². The predicted octanol–water partition coefficient (Wildman–Crippen LogP) is 1.21. The summed E-state index contributed by atoms with van der Waals surface area (Å²) in [6, 6.07) is 5.05. The van der Waals surface area contributed by atoms with Gasteiger partial charge in [0.2, 0.25) is 5.13 Å². The van der Waals surface area contributed by atoms with Gasteiger partial charge in [0.15, 0.2) is 6.61 Å². The van der Waals surface area contributed by atoms with Crippen LogP contribution in [0.3, 0.4) is 0 Å². The third kappa shape index (κ3) is 2.73. The highest BCUT2D eigenvalue weighted by molar-refractivity contribution is 7.13. The van der Waals surface area contributed by atoms with Gasteiger partial charge in [0.25, 0.3) is 11.5 Å². The standard InChI is InChI=1S/C15H13N5O3S/c21-13(18-15-19-16-8-24-15)7-23-9-3-4-10-11(6-9)17-12-2-1-5-20(12)14(10)22/h3-4,6,8H,1-2,5,7H2,(H,18,19,21). The molecule has 0 radical (unpaired) electrons. The second-order valence-corrected chi connectivity index (χ2v) is 6.18. The molecule has 1 aliphatic rings. The highest BCUT2D eigenvalue weighted by Gasteiger charge is 2.16. The first kappa shape index (κ1) is 14.8. The van der Waals surface area contributed by atoms with Crippen LogP contribution in [0.5, 0.6) is 5.75 Å². The van der Waals surface area contributed by atoms with Crippen LogP contribution in [0.2, 0.25) is 0 Å². The first-order valence-corrected chi connectivity index (χ1v) is 8.31. The number of nitrogens with one attached hydrogen (secondary N) is 1. The lowest BCUT2D eigenvalue weighted by Gasteiger charge is -2.08. The van der Waals surface area contributed by atoms with Crippen LogP contribution in [0.15, 0.2) is 28.5 Å². The summed E-state index contributed by atoms with van der Waals surface area (Å²) in [6.45, 7) is 0.566. The Labute approximate surface area is 140 Å². The summed E-state index contributed by atoms with van der Waals surface area (Å²) in [4.78, 5) is 28.7. The van der Waals surface area contributed by atoms with E-state index in [4.69, 9.17) is 4.74 Å². The Bertz CT molecular complexity index is 967. The zero-order valence-corrected chi connectivity index (χ0v) is 13.4. The molecule has 1 N–H and O–H groups in total. The van der Waals surface area contributed by atoms with E-state index >= 15 is 0 Å². The SMILES string of the molecule is O=C(COc1ccc2c(=O)n3c(nc2c1)CCC3)Nc1nncs1. The highest BCUT2D eigenvalue weighted by atomic mass is 32.1. The first-order valence-electron chi connectivity index (χ1n) is 7.43. The molecule has 3 heterocycles. The number of hydrogen-bond donors (Lipinski definition) is 1.